The molecule has 11 atom stereocenters. The Morgan fingerprint density at radius 1 is 0.878 bits per heavy atom. The number of ether oxygens (including phenoxy) is 5. The Balaban J connectivity index is 1.41. The molecular formula is C27H32O14. The quantitative estimate of drug-likeness (QED) is 0.202. The number of aliphatic hydroxyl groups is 6. The summed E-state index contributed by atoms with van der Waals surface area (Å²) in [6, 6.07) is 8.50. The van der Waals surface area contributed by atoms with Crippen LogP contribution in [0.25, 0.3) is 0 Å². The van der Waals surface area contributed by atoms with Crippen LogP contribution in [0.5, 0.6) is 23.0 Å². The van der Waals surface area contributed by atoms with Crippen molar-refractivity contribution in [1.82, 2.24) is 0 Å². The lowest BCUT2D eigenvalue weighted by Gasteiger charge is -2.45. The zero-order chi connectivity index (χ0) is 29.6. The van der Waals surface area contributed by atoms with Crippen molar-refractivity contribution in [3.05, 3.63) is 47.5 Å². The summed E-state index contributed by atoms with van der Waals surface area (Å²) in [5.41, 5.74) is 0.529. The number of benzene rings is 2. The summed E-state index contributed by atoms with van der Waals surface area (Å²) >= 11 is 0. The maximum Gasteiger partial charge on any atom is 0.229 e. The monoisotopic (exact) mass is 580 g/mol. The number of hydrogen-bond donors (Lipinski definition) is 8. The van der Waals surface area contributed by atoms with Gasteiger partial charge in [-0.05, 0) is 24.6 Å². The summed E-state index contributed by atoms with van der Waals surface area (Å²) in [4.78, 5) is 12.9. The topological polar surface area (TPSA) is 225 Å². The molecule has 0 unspecified atom stereocenters. The van der Waals surface area contributed by atoms with Gasteiger partial charge in [-0.3, -0.25) is 4.79 Å². The molecule has 3 aliphatic heterocycles. The van der Waals surface area contributed by atoms with E-state index in [1.807, 2.05) is 0 Å². The summed E-state index contributed by atoms with van der Waals surface area (Å²) in [5.74, 6) is -0.947. The van der Waals surface area contributed by atoms with Crippen molar-refractivity contribution in [3.8, 4) is 23.0 Å². The molecule has 2 aromatic rings. The highest BCUT2D eigenvalue weighted by Crippen LogP contribution is 2.43. The predicted octanol–water partition coefficient (Wildman–Crippen LogP) is -1.17. The first-order valence-electron chi connectivity index (χ1n) is 13.0. The minimum Gasteiger partial charge on any atom is -0.508 e. The molecule has 0 amide bonds. The summed E-state index contributed by atoms with van der Waals surface area (Å²) in [5, 5.41) is 81.6. The number of rotatable bonds is 6. The molecule has 0 spiro atoms. The van der Waals surface area contributed by atoms with E-state index in [9.17, 15) is 45.6 Å². The minimum atomic E-state index is -1.75. The summed E-state index contributed by atoms with van der Waals surface area (Å²) < 4.78 is 28.6. The van der Waals surface area contributed by atoms with Gasteiger partial charge >= 0.3 is 0 Å². The molecule has 0 radical (unpaired) electrons. The van der Waals surface area contributed by atoms with Crippen LogP contribution in [0.3, 0.4) is 0 Å². The lowest BCUT2D eigenvalue weighted by Crippen LogP contribution is -2.64. The Morgan fingerprint density at radius 3 is 2.27 bits per heavy atom. The third kappa shape index (κ3) is 5.70. The van der Waals surface area contributed by atoms with Crippen LogP contribution in [-0.4, -0.2) is 115 Å². The Hall–Kier alpha value is -3.05. The number of hydrogen-bond acceptors (Lipinski definition) is 14. The van der Waals surface area contributed by atoms with Gasteiger partial charge in [0.25, 0.3) is 0 Å². The molecule has 224 valence electrons. The fraction of sp³-hybridized carbons (Fsp3) is 0.519. The number of phenols is 2. The second-order valence-corrected chi connectivity index (χ2v) is 10.2. The molecule has 41 heavy (non-hydrogen) atoms. The minimum absolute atomic E-state index is 0.0149. The number of carbonyl (C=O) groups is 1. The van der Waals surface area contributed by atoms with Gasteiger partial charge in [-0.1, -0.05) is 12.1 Å². The van der Waals surface area contributed by atoms with Gasteiger partial charge in [0.05, 0.1) is 19.1 Å². The number of fused-ring (bicyclic) bond motifs is 1. The van der Waals surface area contributed by atoms with Crippen LogP contribution in [0, 0.1) is 0 Å². The first-order chi connectivity index (χ1) is 19.5. The van der Waals surface area contributed by atoms with E-state index < -0.39 is 85.7 Å². The third-order valence-electron chi connectivity index (χ3n) is 7.42. The maximum absolute atomic E-state index is 12.9. The molecule has 5 rings (SSSR count). The smallest absolute Gasteiger partial charge is 0.229 e. The zero-order valence-electron chi connectivity index (χ0n) is 21.8. The average Bonchev–Trinajstić information content (AvgIpc) is 2.94. The number of aromatic hydroxyl groups is 2. The molecule has 2 aromatic carbocycles. The second kappa shape index (κ2) is 11.7. The van der Waals surface area contributed by atoms with Crippen LogP contribution in [0.15, 0.2) is 36.4 Å². The molecule has 0 saturated carbocycles. The van der Waals surface area contributed by atoms with Gasteiger partial charge < -0.3 is 64.5 Å². The van der Waals surface area contributed by atoms with Crippen LogP contribution in [-0.2, 0) is 14.2 Å². The van der Waals surface area contributed by atoms with Gasteiger partial charge in [0.1, 0.15) is 71.3 Å². The van der Waals surface area contributed by atoms with Crippen LogP contribution in [0.1, 0.15) is 35.4 Å². The molecule has 0 bridgehead atoms. The molecule has 3 heterocycles. The lowest BCUT2D eigenvalue weighted by molar-refractivity contribution is -0.354. The number of ketones is 1. The van der Waals surface area contributed by atoms with Crippen molar-refractivity contribution in [2.75, 3.05) is 6.61 Å². The van der Waals surface area contributed by atoms with Gasteiger partial charge in [-0.25, -0.2) is 0 Å². The number of carbonyl (C=O) groups excluding carboxylic acids is 1. The third-order valence-corrected chi connectivity index (χ3v) is 7.42. The standard InChI is InChI=1S/C27H32O14/c1-10-20(32)22(34)24(36)26(37-10)41-25-23(35)21(33)18(9-28)40-27(25)38-13-6-14(30)19-15(31)8-16(39-17(19)7-13)11-2-4-12(29)5-3-11/h2-7,10,16,18,20-30,32-36H,8-9H2,1H3/t10-,16+,18+,20+,21+,22-,23-,24-,25+,26+,27+/m1/s1. The zero-order valence-corrected chi connectivity index (χ0v) is 21.8. The van der Waals surface area contributed by atoms with E-state index >= 15 is 0 Å². The van der Waals surface area contributed by atoms with Gasteiger partial charge in [0.2, 0.25) is 6.29 Å². The largest absolute Gasteiger partial charge is 0.508 e. The van der Waals surface area contributed by atoms with E-state index in [0.29, 0.717) is 5.56 Å². The number of Topliss-reactive ketones (excluding diaryl/α,β-unsaturated/α-hetero) is 1. The Labute approximate surface area is 233 Å². The van der Waals surface area contributed by atoms with Gasteiger partial charge in [-0.2, -0.15) is 0 Å². The van der Waals surface area contributed by atoms with Crippen molar-refractivity contribution in [2.45, 2.75) is 80.9 Å². The highest BCUT2D eigenvalue weighted by molar-refractivity contribution is 6.02. The predicted molar refractivity (Wildman–Crippen MR) is 134 cm³/mol. The fourth-order valence-electron chi connectivity index (χ4n) is 5.07. The first-order valence-corrected chi connectivity index (χ1v) is 13.0. The van der Waals surface area contributed by atoms with Crippen molar-refractivity contribution >= 4 is 5.78 Å². The normalized spacial score (nSPS) is 37.2. The summed E-state index contributed by atoms with van der Waals surface area (Å²) in [6.45, 7) is 0.716. The molecule has 2 fully saturated rings. The molecule has 14 nitrogen and oxygen atoms in total. The van der Waals surface area contributed by atoms with Crippen LogP contribution >= 0.6 is 0 Å². The van der Waals surface area contributed by atoms with Crippen LogP contribution < -0.4 is 9.47 Å². The number of aliphatic hydroxyl groups excluding tert-OH is 6. The van der Waals surface area contributed by atoms with Crippen LogP contribution in [0.2, 0.25) is 0 Å². The highest BCUT2D eigenvalue weighted by atomic mass is 16.8. The van der Waals surface area contributed by atoms with Crippen molar-refractivity contribution in [2.24, 2.45) is 0 Å². The Morgan fingerprint density at radius 2 is 1.59 bits per heavy atom. The van der Waals surface area contributed by atoms with Gasteiger partial charge in [0, 0.05) is 12.1 Å². The van der Waals surface area contributed by atoms with Crippen molar-refractivity contribution in [1.29, 1.82) is 0 Å². The van der Waals surface area contributed by atoms with Gasteiger partial charge in [-0.15, -0.1) is 0 Å². The molecular weight excluding hydrogens is 548 g/mol. The highest BCUT2D eigenvalue weighted by Gasteiger charge is 2.51. The molecule has 0 aromatic heterocycles. The van der Waals surface area contributed by atoms with E-state index in [1.54, 1.807) is 12.1 Å². The van der Waals surface area contributed by atoms with Gasteiger partial charge in [0.15, 0.2) is 18.2 Å². The van der Waals surface area contributed by atoms with Crippen LogP contribution in [0.4, 0.5) is 0 Å². The average molecular weight is 581 g/mol. The molecule has 2 saturated heterocycles. The first kappa shape index (κ1) is 29.4. The van der Waals surface area contributed by atoms with E-state index in [4.69, 9.17) is 23.7 Å². The Kier molecular flexibility index (Phi) is 8.39. The van der Waals surface area contributed by atoms with Crippen molar-refractivity contribution < 1.29 is 69.3 Å². The SMILES string of the molecule is C[C@H]1O[C@@H](O[C@@H]2[C@@H](Oc3cc(O)c4c(c3)O[C@H](c3ccc(O)cc3)CC4=O)O[C@@H](CO)[C@H](O)[C@H]2O)[C@H](O)[C@H](O)[C@H]1O. The Bertz CT molecular complexity index is 1240. The molecule has 14 heteroatoms. The maximum atomic E-state index is 12.9. The summed E-state index contributed by atoms with van der Waals surface area (Å²) in [6.07, 6.45) is -16.0. The number of phenolic OH excluding ortho intramolecular Hbond substituents is 2. The van der Waals surface area contributed by atoms with E-state index in [1.165, 1.54) is 25.1 Å². The van der Waals surface area contributed by atoms with E-state index in [-0.39, 0.29) is 29.2 Å². The summed E-state index contributed by atoms with van der Waals surface area (Å²) in [7, 11) is 0. The van der Waals surface area contributed by atoms with E-state index in [0.717, 1.165) is 6.07 Å². The molecule has 0 aliphatic carbocycles. The lowest BCUT2D eigenvalue weighted by atomic mass is 9.95. The second-order valence-electron chi connectivity index (χ2n) is 10.2. The fourth-order valence-corrected chi connectivity index (χ4v) is 5.07. The molecule has 8 N–H and O–H groups in total. The van der Waals surface area contributed by atoms with Crippen molar-refractivity contribution in [3.63, 3.8) is 0 Å². The van der Waals surface area contributed by atoms with E-state index in [2.05, 4.69) is 0 Å². The molecule has 3 aliphatic rings.